The van der Waals surface area contributed by atoms with E-state index in [1.54, 1.807) is 0 Å². The van der Waals surface area contributed by atoms with Crippen LogP contribution in [0.5, 0.6) is 0 Å². The normalized spacial score (nSPS) is 15.0. The fourth-order valence-corrected chi connectivity index (χ4v) is 2.24. The van der Waals surface area contributed by atoms with E-state index in [0.29, 0.717) is 11.5 Å². The molecule has 6 heteroatoms. The highest BCUT2D eigenvalue weighted by molar-refractivity contribution is 14.0. The first-order chi connectivity index (χ1) is 10.7. The number of guanidine groups is 1. The van der Waals surface area contributed by atoms with Crippen molar-refractivity contribution < 1.29 is 4.74 Å². The molecule has 0 spiro atoms. The second-order valence-corrected chi connectivity index (χ2v) is 7.77. The third kappa shape index (κ3) is 15.4. The van der Waals surface area contributed by atoms with E-state index >= 15 is 0 Å². The lowest BCUT2D eigenvalue weighted by Crippen LogP contribution is -2.45. The maximum absolute atomic E-state index is 5.81. The molecule has 5 nitrogen and oxygen atoms in total. The Morgan fingerprint density at radius 3 is 2.29 bits per heavy atom. The largest absolute Gasteiger partial charge is 0.377 e. The molecule has 0 aliphatic carbocycles. The molecule has 2 atom stereocenters. The highest BCUT2D eigenvalue weighted by Gasteiger charge is 2.14. The molecule has 0 aromatic rings. The molecular formula is C18H41IN4O. The summed E-state index contributed by atoms with van der Waals surface area (Å²) >= 11 is 0. The Bertz CT molecular complexity index is 329. The Morgan fingerprint density at radius 1 is 1.21 bits per heavy atom. The van der Waals surface area contributed by atoms with Gasteiger partial charge in [-0.15, -0.1) is 24.0 Å². The Labute approximate surface area is 167 Å². The monoisotopic (exact) mass is 456 g/mol. The Hall–Kier alpha value is -0.0800. The topological polar surface area (TPSA) is 48.9 Å². The minimum Gasteiger partial charge on any atom is -0.377 e. The molecule has 0 aromatic carbocycles. The predicted molar refractivity (Wildman–Crippen MR) is 117 cm³/mol. The van der Waals surface area contributed by atoms with Crippen LogP contribution in [0.2, 0.25) is 0 Å². The molecule has 0 bridgehead atoms. The Balaban J connectivity index is 0. The van der Waals surface area contributed by atoms with Crippen LogP contribution in [0.1, 0.15) is 53.9 Å². The Kier molecular flexibility index (Phi) is 15.4. The molecule has 0 saturated carbocycles. The number of halogens is 1. The van der Waals surface area contributed by atoms with Gasteiger partial charge in [0.05, 0.1) is 6.10 Å². The van der Waals surface area contributed by atoms with Crippen LogP contribution in [0.15, 0.2) is 4.99 Å². The maximum atomic E-state index is 5.81. The molecule has 2 N–H and O–H groups in total. The Morgan fingerprint density at radius 2 is 1.83 bits per heavy atom. The van der Waals surface area contributed by atoms with Crippen molar-refractivity contribution in [3.63, 3.8) is 0 Å². The van der Waals surface area contributed by atoms with Gasteiger partial charge >= 0.3 is 0 Å². The van der Waals surface area contributed by atoms with Crippen molar-refractivity contribution in [3.05, 3.63) is 0 Å². The van der Waals surface area contributed by atoms with Crippen molar-refractivity contribution in [1.82, 2.24) is 15.5 Å². The summed E-state index contributed by atoms with van der Waals surface area (Å²) in [6.07, 6.45) is 3.57. The molecule has 0 aliphatic heterocycles. The minimum absolute atomic E-state index is 0. The predicted octanol–water partition coefficient (Wildman–Crippen LogP) is 3.34. The zero-order valence-corrected chi connectivity index (χ0v) is 19.4. The lowest BCUT2D eigenvalue weighted by molar-refractivity contribution is 0.0548. The smallest absolute Gasteiger partial charge is 0.191 e. The molecule has 0 aromatic heterocycles. The summed E-state index contributed by atoms with van der Waals surface area (Å²) in [7, 11) is 6.00. The third-order valence-electron chi connectivity index (χ3n) is 3.73. The highest BCUT2D eigenvalue weighted by Crippen LogP contribution is 2.21. The summed E-state index contributed by atoms with van der Waals surface area (Å²) in [5.74, 6) is 0.862. The van der Waals surface area contributed by atoms with Crippen molar-refractivity contribution in [1.29, 1.82) is 0 Å². The third-order valence-corrected chi connectivity index (χ3v) is 3.73. The lowest BCUT2D eigenvalue weighted by Gasteiger charge is -2.24. The van der Waals surface area contributed by atoms with Crippen molar-refractivity contribution in [2.75, 3.05) is 40.8 Å². The number of nitrogens with one attached hydrogen (secondary N) is 2. The van der Waals surface area contributed by atoms with E-state index in [4.69, 9.17) is 4.74 Å². The van der Waals surface area contributed by atoms with Crippen LogP contribution in [0.4, 0.5) is 0 Å². The highest BCUT2D eigenvalue weighted by atomic mass is 127. The quantitative estimate of drug-likeness (QED) is 0.301. The van der Waals surface area contributed by atoms with Crippen LogP contribution < -0.4 is 10.6 Å². The number of hydrogen-bond donors (Lipinski definition) is 2. The molecule has 0 saturated heterocycles. The van der Waals surface area contributed by atoms with Crippen molar-refractivity contribution in [3.8, 4) is 0 Å². The summed E-state index contributed by atoms with van der Waals surface area (Å²) in [5, 5.41) is 6.88. The van der Waals surface area contributed by atoms with Gasteiger partial charge in [0, 0.05) is 32.8 Å². The molecule has 2 unspecified atom stereocenters. The number of hydrogen-bond acceptors (Lipinski definition) is 3. The van der Waals surface area contributed by atoms with Crippen LogP contribution in [0.3, 0.4) is 0 Å². The zero-order valence-electron chi connectivity index (χ0n) is 17.1. The van der Waals surface area contributed by atoms with Gasteiger partial charge in [0.2, 0.25) is 0 Å². The molecule has 24 heavy (non-hydrogen) atoms. The molecule has 0 radical (unpaired) electrons. The van der Waals surface area contributed by atoms with Gasteiger partial charge in [-0.1, -0.05) is 20.8 Å². The molecule has 0 heterocycles. The first-order valence-corrected chi connectivity index (χ1v) is 8.91. The van der Waals surface area contributed by atoms with Crippen molar-refractivity contribution in [2.24, 2.45) is 10.4 Å². The van der Waals surface area contributed by atoms with E-state index in [0.717, 1.165) is 38.5 Å². The second kappa shape index (κ2) is 14.1. The summed E-state index contributed by atoms with van der Waals surface area (Å²) in [6, 6.07) is 0.410. The SMILES string of the molecule is CCOC(CCN(C)C)CNC(=NC)NC(C)CCC(C)(C)C.I. The molecule has 0 aliphatic rings. The summed E-state index contributed by atoms with van der Waals surface area (Å²) in [4.78, 5) is 6.52. The lowest BCUT2D eigenvalue weighted by atomic mass is 9.89. The number of aliphatic imine (C=N–C) groups is 1. The standard InChI is InChI=1S/C18H40N4O.HI/c1-9-23-16(11-13-22(7)8)14-20-17(19-6)21-15(2)10-12-18(3,4)5;/h15-16H,9-14H2,1-8H3,(H2,19,20,21);1H. The van der Waals surface area contributed by atoms with Gasteiger partial charge in [-0.3, -0.25) is 4.99 Å². The summed E-state index contributed by atoms with van der Waals surface area (Å²) < 4.78 is 5.81. The molecular weight excluding hydrogens is 415 g/mol. The van der Waals surface area contributed by atoms with E-state index in [2.05, 4.69) is 62.3 Å². The van der Waals surface area contributed by atoms with E-state index in [1.165, 1.54) is 6.42 Å². The van der Waals surface area contributed by atoms with Gasteiger partial charge in [-0.2, -0.15) is 0 Å². The first kappa shape index (κ1) is 26.2. The van der Waals surface area contributed by atoms with Crippen molar-refractivity contribution in [2.45, 2.75) is 66.0 Å². The van der Waals surface area contributed by atoms with Crippen LogP contribution in [0.25, 0.3) is 0 Å². The van der Waals surface area contributed by atoms with E-state index in [-0.39, 0.29) is 30.1 Å². The summed E-state index contributed by atoms with van der Waals surface area (Å²) in [5.41, 5.74) is 0.374. The fourth-order valence-electron chi connectivity index (χ4n) is 2.24. The van der Waals surface area contributed by atoms with Gasteiger partial charge in [0.15, 0.2) is 5.96 Å². The van der Waals surface area contributed by atoms with Gasteiger partial charge in [-0.25, -0.2) is 0 Å². The second-order valence-electron chi connectivity index (χ2n) is 7.77. The molecule has 0 amide bonds. The number of ether oxygens (including phenoxy) is 1. The van der Waals surface area contributed by atoms with Crippen LogP contribution >= 0.6 is 24.0 Å². The van der Waals surface area contributed by atoms with Crippen LogP contribution in [0, 0.1) is 5.41 Å². The van der Waals surface area contributed by atoms with E-state index < -0.39 is 0 Å². The molecule has 146 valence electrons. The average Bonchev–Trinajstić information content (AvgIpc) is 2.45. The molecule has 0 rings (SSSR count). The molecule has 0 fully saturated rings. The van der Waals surface area contributed by atoms with Gasteiger partial charge < -0.3 is 20.3 Å². The maximum Gasteiger partial charge on any atom is 0.191 e. The number of rotatable bonds is 10. The van der Waals surface area contributed by atoms with Crippen LogP contribution in [-0.4, -0.2) is 63.8 Å². The van der Waals surface area contributed by atoms with Crippen molar-refractivity contribution >= 4 is 29.9 Å². The number of nitrogens with zero attached hydrogens (tertiary/aromatic N) is 2. The summed E-state index contributed by atoms with van der Waals surface area (Å²) in [6.45, 7) is 13.7. The fraction of sp³-hybridized carbons (Fsp3) is 0.944. The van der Waals surface area contributed by atoms with E-state index in [9.17, 15) is 0 Å². The van der Waals surface area contributed by atoms with Crippen LogP contribution in [-0.2, 0) is 4.74 Å². The van der Waals surface area contributed by atoms with Gasteiger partial charge in [0.25, 0.3) is 0 Å². The van der Waals surface area contributed by atoms with E-state index in [1.807, 2.05) is 14.0 Å². The zero-order chi connectivity index (χ0) is 17.9. The van der Waals surface area contributed by atoms with Gasteiger partial charge in [0.1, 0.15) is 0 Å². The first-order valence-electron chi connectivity index (χ1n) is 8.91. The van der Waals surface area contributed by atoms with Gasteiger partial charge in [-0.05, 0) is 52.6 Å². The minimum atomic E-state index is 0. The average molecular weight is 456 g/mol.